The van der Waals surface area contributed by atoms with E-state index in [9.17, 15) is 4.79 Å². The number of carbonyl (C=O) groups is 1. The molecule has 4 N–H and O–H groups in total. The molecule has 0 unspecified atom stereocenters. The van der Waals surface area contributed by atoms with Gasteiger partial charge in [0, 0.05) is 42.3 Å². The number of hydrogen-bond acceptors (Lipinski definition) is 5. The maximum Gasteiger partial charge on any atom is 0.255 e. The Kier molecular flexibility index (Phi) is 6.39. The van der Waals surface area contributed by atoms with E-state index in [-0.39, 0.29) is 23.9 Å². The van der Waals surface area contributed by atoms with E-state index in [1.807, 2.05) is 19.4 Å². The number of hydrogen-bond donors (Lipinski definition) is 3. The maximum atomic E-state index is 13.2. The number of nitrogens with zero attached hydrogens (tertiary/aromatic N) is 3. The molecule has 6 rings (SSSR count). The Bertz CT molecular complexity index is 1590. The third-order valence-corrected chi connectivity index (χ3v) is 7.29. The molecule has 0 bridgehead atoms. The summed E-state index contributed by atoms with van der Waals surface area (Å²) in [7, 11) is 1.85. The van der Waals surface area contributed by atoms with Gasteiger partial charge in [0.15, 0.2) is 0 Å². The van der Waals surface area contributed by atoms with Gasteiger partial charge in [0.1, 0.15) is 5.82 Å². The van der Waals surface area contributed by atoms with Gasteiger partial charge in [-0.1, -0.05) is 42.5 Å². The number of nitrogen functional groups attached to an aromatic ring is 1. The molecule has 2 atom stereocenters. The minimum Gasteiger partial charge on any atom is -0.383 e. The van der Waals surface area contributed by atoms with E-state index < -0.39 is 0 Å². The van der Waals surface area contributed by atoms with Crippen molar-refractivity contribution in [3.63, 3.8) is 0 Å². The highest BCUT2D eigenvalue weighted by molar-refractivity contribution is 5.99. The van der Waals surface area contributed by atoms with Gasteiger partial charge in [-0.3, -0.25) is 9.48 Å². The standard InChI is InChI=1S/C30H30N6O2/c1-36-17-23(16-34-36)22-14-25(29(31)33-15-22)30(37)35-26-6-3-7-27(26)38-18-19-8-10-20(11-9-19)24-5-2-4-21-12-13-32-28(21)24/h2,4-5,8-17,26-27,32H,3,6-7,18H2,1H3,(H2,31,33)(H,35,37)/t26-,27-/m0/s1. The predicted octanol–water partition coefficient (Wildman–Crippen LogP) is 5.08. The lowest BCUT2D eigenvalue weighted by Gasteiger charge is -2.22. The second-order valence-corrected chi connectivity index (χ2v) is 9.86. The highest BCUT2D eigenvalue weighted by Crippen LogP contribution is 2.29. The number of aryl methyl sites for hydroxylation is 1. The Hall–Kier alpha value is -4.43. The van der Waals surface area contributed by atoms with Crippen LogP contribution in [0, 0.1) is 0 Å². The topological polar surface area (TPSA) is 111 Å². The zero-order chi connectivity index (χ0) is 26.1. The molecular weight excluding hydrogens is 476 g/mol. The molecule has 0 spiro atoms. The first-order valence-corrected chi connectivity index (χ1v) is 12.9. The van der Waals surface area contributed by atoms with Gasteiger partial charge in [-0.05, 0) is 47.9 Å². The molecule has 8 heteroatoms. The summed E-state index contributed by atoms with van der Waals surface area (Å²) < 4.78 is 8.00. The quantitative estimate of drug-likeness (QED) is 0.285. The van der Waals surface area contributed by atoms with E-state index in [4.69, 9.17) is 10.5 Å². The summed E-state index contributed by atoms with van der Waals surface area (Å²) in [4.78, 5) is 20.7. The molecule has 3 aromatic heterocycles. The molecule has 0 aliphatic heterocycles. The van der Waals surface area contributed by atoms with Crippen LogP contribution in [0.1, 0.15) is 35.2 Å². The summed E-state index contributed by atoms with van der Waals surface area (Å²) in [5, 5.41) is 8.54. The van der Waals surface area contributed by atoms with E-state index in [2.05, 4.69) is 68.9 Å². The number of amides is 1. The fourth-order valence-electron chi connectivity index (χ4n) is 5.23. The predicted molar refractivity (Wildman–Crippen MR) is 148 cm³/mol. The van der Waals surface area contributed by atoms with Crippen molar-refractivity contribution in [2.75, 3.05) is 5.73 Å². The van der Waals surface area contributed by atoms with Crippen LogP contribution in [0.15, 0.2) is 79.4 Å². The number of aromatic amines is 1. The molecule has 38 heavy (non-hydrogen) atoms. The summed E-state index contributed by atoms with van der Waals surface area (Å²) in [6.07, 6.45) is 9.96. The lowest BCUT2D eigenvalue weighted by atomic mass is 10.0. The molecule has 1 saturated carbocycles. The van der Waals surface area contributed by atoms with E-state index >= 15 is 0 Å². The Labute approximate surface area is 220 Å². The normalized spacial score (nSPS) is 17.2. The van der Waals surface area contributed by atoms with Crippen LogP contribution in [0.3, 0.4) is 0 Å². The number of para-hydroxylation sites is 1. The fraction of sp³-hybridized carbons (Fsp3) is 0.233. The smallest absolute Gasteiger partial charge is 0.255 e. The Balaban J connectivity index is 1.10. The molecule has 8 nitrogen and oxygen atoms in total. The van der Waals surface area contributed by atoms with Crippen molar-refractivity contribution in [2.24, 2.45) is 7.05 Å². The van der Waals surface area contributed by atoms with Gasteiger partial charge in [0.25, 0.3) is 5.91 Å². The average Bonchev–Trinajstić information content (AvgIpc) is 3.69. The molecule has 192 valence electrons. The highest BCUT2D eigenvalue weighted by Gasteiger charge is 2.30. The number of carbonyl (C=O) groups excluding carboxylic acids is 1. The number of rotatable bonds is 7. The molecule has 1 aliphatic rings. The molecule has 1 fully saturated rings. The molecule has 3 heterocycles. The Morgan fingerprint density at radius 3 is 2.79 bits per heavy atom. The van der Waals surface area contributed by atoms with Crippen molar-refractivity contribution in [1.29, 1.82) is 0 Å². The van der Waals surface area contributed by atoms with Crippen LogP contribution in [0.5, 0.6) is 0 Å². The molecule has 5 aromatic rings. The van der Waals surface area contributed by atoms with Crippen molar-refractivity contribution in [3.05, 3.63) is 90.5 Å². The number of fused-ring (bicyclic) bond motifs is 1. The lowest BCUT2D eigenvalue weighted by molar-refractivity contribution is 0.0272. The minimum atomic E-state index is -0.232. The van der Waals surface area contributed by atoms with Crippen LogP contribution in [-0.4, -0.2) is 37.8 Å². The third kappa shape index (κ3) is 4.78. The number of nitrogens with two attached hydrogens (primary N) is 1. The van der Waals surface area contributed by atoms with E-state index in [1.165, 1.54) is 10.9 Å². The van der Waals surface area contributed by atoms with Crippen molar-refractivity contribution in [3.8, 4) is 22.3 Å². The molecule has 1 amide bonds. The lowest BCUT2D eigenvalue weighted by Crippen LogP contribution is -2.41. The number of H-pyrrole nitrogens is 1. The van der Waals surface area contributed by atoms with Gasteiger partial charge in [-0.25, -0.2) is 4.98 Å². The second-order valence-electron chi connectivity index (χ2n) is 9.86. The molecule has 0 radical (unpaired) electrons. The van der Waals surface area contributed by atoms with Gasteiger partial charge >= 0.3 is 0 Å². The minimum absolute atomic E-state index is 0.0537. The average molecular weight is 507 g/mol. The first kappa shape index (κ1) is 23.9. The largest absolute Gasteiger partial charge is 0.383 e. The van der Waals surface area contributed by atoms with Crippen LogP contribution in [0.4, 0.5) is 5.82 Å². The van der Waals surface area contributed by atoms with Gasteiger partial charge in [0.2, 0.25) is 0 Å². The summed E-state index contributed by atoms with van der Waals surface area (Å²) >= 11 is 0. The number of ether oxygens (including phenoxy) is 1. The first-order chi connectivity index (χ1) is 18.5. The Morgan fingerprint density at radius 2 is 1.97 bits per heavy atom. The molecule has 0 saturated heterocycles. The zero-order valence-electron chi connectivity index (χ0n) is 21.2. The first-order valence-electron chi connectivity index (χ1n) is 12.9. The van der Waals surface area contributed by atoms with E-state index in [0.29, 0.717) is 12.2 Å². The number of aromatic nitrogens is 4. The summed E-state index contributed by atoms with van der Waals surface area (Å²) in [6, 6.07) is 18.6. The fourth-order valence-corrected chi connectivity index (χ4v) is 5.23. The maximum absolute atomic E-state index is 13.2. The van der Waals surface area contributed by atoms with Gasteiger partial charge in [0.05, 0.1) is 36.0 Å². The SMILES string of the molecule is Cn1cc(-c2cnc(N)c(C(=O)N[C@H]3CCC[C@@H]3OCc3ccc(-c4cccc5cc[nH]c45)cc3)c2)cn1. The second kappa shape index (κ2) is 10.1. The summed E-state index contributed by atoms with van der Waals surface area (Å²) in [5.41, 5.74) is 12.7. The van der Waals surface area contributed by atoms with Crippen LogP contribution >= 0.6 is 0 Å². The van der Waals surface area contributed by atoms with Crippen LogP contribution in [0.2, 0.25) is 0 Å². The van der Waals surface area contributed by atoms with Crippen molar-refractivity contribution < 1.29 is 9.53 Å². The van der Waals surface area contributed by atoms with Crippen molar-refractivity contribution >= 4 is 22.6 Å². The van der Waals surface area contributed by atoms with Crippen molar-refractivity contribution in [2.45, 2.75) is 38.0 Å². The number of nitrogens with one attached hydrogen (secondary N) is 2. The van der Waals surface area contributed by atoms with Gasteiger partial charge in [-0.15, -0.1) is 0 Å². The summed E-state index contributed by atoms with van der Waals surface area (Å²) in [5.74, 6) is -0.0233. The Morgan fingerprint density at radius 1 is 1.11 bits per heavy atom. The van der Waals surface area contributed by atoms with Crippen molar-refractivity contribution in [1.82, 2.24) is 25.1 Å². The summed E-state index contributed by atoms with van der Waals surface area (Å²) in [6.45, 7) is 0.490. The zero-order valence-corrected chi connectivity index (χ0v) is 21.2. The van der Waals surface area contributed by atoms with Gasteiger partial charge < -0.3 is 20.8 Å². The number of benzene rings is 2. The van der Waals surface area contributed by atoms with Gasteiger partial charge in [-0.2, -0.15) is 5.10 Å². The third-order valence-electron chi connectivity index (χ3n) is 7.29. The number of pyridine rings is 1. The monoisotopic (exact) mass is 506 g/mol. The molecule has 1 aliphatic carbocycles. The van der Waals surface area contributed by atoms with E-state index in [0.717, 1.165) is 47.0 Å². The molecular formula is C30H30N6O2. The van der Waals surface area contributed by atoms with Crippen LogP contribution in [-0.2, 0) is 18.4 Å². The highest BCUT2D eigenvalue weighted by atomic mass is 16.5. The van der Waals surface area contributed by atoms with E-state index in [1.54, 1.807) is 23.1 Å². The molecule has 2 aromatic carbocycles. The number of anilines is 1. The van der Waals surface area contributed by atoms with Crippen LogP contribution in [0.25, 0.3) is 33.2 Å². The van der Waals surface area contributed by atoms with Crippen LogP contribution < -0.4 is 11.1 Å².